The summed E-state index contributed by atoms with van der Waals surface area (Å²) in [6.07, 6.45) is 2.87. The maximum Gasteiger partial charge on any atom is 0.143 e. The van der Waals surface area contributed by atoms with Crippen molar-refractivity contribution in [1.29, 1.82) is 5.26 Å². The SMILES string of the molecule is N#Cc1c(F)cccc1N[C@H]1CCCOCC1. The summed E-state index contributed by atoms with van der Waals surface area (Å²) in [6, 6.07) is 6.82. The van der Waals surface area contributed by atoms with Crippen LogP contribution in [0, 0.1) is 17.1 Å². The van der Waals surface area contributed by atoms with Crippen LogP contribution in [-0.4, -0.2) is 19.3 Å². The van der Waals surface area contributed by atoms with Crippen molar-refractivity contribution in [3.05, 3.63) is 29.6 Å². The van der Waals surface area contributed by atoms with E-state index in [-0.39, 0.29) is 11.6 Å². The fourth-order valence-corrected chi connectivity index (χ4v) is 2.03. The van der Waals surface area contributed by atoms with Gasteiger partial charge in [-0.25, -0.2) is 4.39 Å². The molecule has 1 aliphatic rings. The first-order chi connectivity index (χ1) is 8.31. The average molecular weight is 234 g/mol. The Morgan fingerprint density at radius 3 is 3.06 bits per heavy atom. The van der Waals surface area contributed by atoms with Crippen molar-refractivity contribution in [2.75, 3.05) is 18.5 Å². The van der Waals surface area contributed by atoms with Crippen LogP contribution in [0.5, 0.6) is 0 Å². The molecule has 3 nitrogen and oxygen atoms in total. The summed E-state index contributed by atoms with van der Waals surface area (Å²) < 4.78 is 18.8. The molecule has 90 valence electrons. The van der Waals surface area contributed by atoms with Gasteiger partial charge in [-0.1, -0.05) is 6.07 Å². The number of benzene rings is 1. The van der Waals surface area contributed by atoms with Crippen LogP contribution >= 0.6 is 0 Å². The molecule has 0 spiro atoms. The van der Waals surface area contributed by atoms with Gasteiger partial charge in [0.05, 0.1) is 5.69 Å². The molecule has 1 saturated heterocycles. The second-order valence-corrected chi connectivity index (χ2v) is 4.16. The van der Waals surface area contributed by atoms with E-state index in [0.29, 0.717) is 5.69 Å². The van der Waals surface area contributed by atoms with Crippen LogP contribution in [0.4, 0.5) is 10.1 Å². The van der Waals surface area contributed by atoms with Crippen LogP contribution in [0.3, 0.4) is 0 Å². The number of hydrogen-bond donors (Lipinski definition) is 1. The molecule has 0 radical (unpaired) electrons. The highest BCUT2D eigenvalue weighted by atomic mass is 19.1. The van der Waals surface area contributed by atoms with Gasteiger partial charge in [-0.2, -0.15) is 5.26 Å². The molecule has 1 aliphatic heterocycles. The summed E-state index contributed by atoms with van der Waals surface area (Å²) in [6.45, 7) is 1.50. The quantitative estimate of drug-likeness (QED) is 0.855. The highest BCUT2D eigenvalue weighted by Crippen LogP contribution is 2.21. The second-order valence-electron chi connectivity index (χ2n) is 4.16. The van der Waals surface area contributed by atoms with Gasteiger partial charge in [0.15, 0.2) is 0 Å². The minimum Gasteiger partial charge on any atom is -0.381 e. The summed E-state index contributed by atoms with van der Waals surface area (Å²) >= 11 is 0. The Balaban J connectivity index is 2.12. The highest BCUT2D eigenvalue weighted by Gasteiger charge is 2.15. The minimum absolute atomic E-state index is 0.0951. The first-order valence-electron chi connectivity index (χ1n) is 5.84. The largest absolute Gasteiger partial charge is 0.381 e. The van der Waals surface area contributed by atoms with Crippen molar-refractivity contribution >= 4 is 5.69 Å². The van der Waals surface area contributed by atoms with Crippen molar-refractivity contribution < 1.29 is 9.13 Å². The molecular formula is C13H15FN2O. The Kier molecular flexibility index (Phi) is 3.94. The van der Waals surface area contributed by atoms with E-state index in [4.69, 9.17) is 10.00 Å². The van der Waals surface area contributed by atoms with Crippen molar-refractivity contribution in [3.8, 4) is 6.07 Å². The Bertz CT molecular complexity index is 420. The lowest BCUT2D eigenvalue weighted by Crippen LogP contribution is -2.20. The lowest BCUT2D eigenvalue weighted by Gasteiger charge is -2.18. The number of halogens is 1. The van der Waals surface area contributed by atoms with Gasteiger partial charge in [-0.05, 0) is 31.4 Å². The van der Waals surface area contributed by atoms with Crippen molar-refractivity contribution in [2.24, 2.45) is 0 Å². The van der Waals surface area contributed by atoms with E-state index in [9.17, 15) is 4.39 Å². The third-order valence-electron chi connectivity index (χ3n) is 2.94. The Morgan fingerprint density at radius 2 is 2.24 bits per heavy atom. The zero-order chi connectivity index (χ0) is 12.1. The van der Waals surface area contributed by atoms with E-state index >= 15 is 0 Å². The summed E-state index contributed by atoms with van der Waals surface area (Å²) in [7, 11) is 0. The smallest absolute Gasteiger partial charge is 0.143 e. The number of nitrogens with one attached hydrogen (secondary N) is 1. The number of anilines is 1. The molecule has 1 fully saturated rings. The maximum absolute atomic E-state index is 13.4. The molecule has 1 aromatic rings. The van der Waals surface area contributed by atoms with Gasteiger partial charge in [0.1, 0.15) is 17.4 Å². The monoisotopic (exact) mass is 234 g/mol. The lowest BCUT2D eigenvalue weighted by molar-refractivity contribution is 0.144. The number of hydrogen-bond acceptors (Lipinski definition) is 3. The van der Waals surface area contributed by atoms with Gasteiger partial charge in [0, 0.05) is 19.3 Å². The third kappa shape index (κ3) is 2.95. The third-order valence-corrected chi connectivity index (χ3v) is 2.94. The van der Waals surface area contributed by atoms with Gasteiger partial charge < -0.3 is 10.1 Å². The fraction of sp³-hybridized carbons (Fsp3) is 0.462. The van der Waals surface area contributed by atoms with Gasteiger partial charge in [0.25, 0.3) is 0 Å². The van der Waals surface area contributed by atoms with Gasteiger partial charge in [-0.15, -0.1) is 0 Å². The molecule has 1 heterocycles. The summed E-state index contributed by atoms with van der Waals surface area (Å²) in [4.78, 5) is 0. The van der Waals surface area contributed by atoms with E-state index < -0.39 is 5.82 Å². The van der Waals surface area contributed by atoms with E-state index in [1.165, 1.54) is 6.07 Å². The van der Waals surface area contributed by atoms with Crippen molar-refractivity contribution in [1.82, 2.24) is 0 Å². The molecule has 4 heteroatoms. The Hall–Kier alpha value is -1.60. The van der Waals surface area contributed by atoms with Gasteiger partial charge in [-0.3, -0.25) is 0 Å². The molecule has 17 heavy (non-hydrogen) atoms. The molecule has 0 aromatic heterocycles. The van der Waals surface area contributed by atoms with Crippen LogP contribution in [0.2, 0.25) is 0 Å². The van der Waals surface area contributed by atoms with Crippen molar-refractivity contribution in [2.45, 2.75) is 25.3 Å². The van der Waals surface area contributed by atoms with Crippen LogP contribution < -0.4 is 5.32 Å². The molecule has 0 bridgehead atoms. The van der Waals surface area contributed by atoms with Crippen LogP contribution in [0.1, 0.15) is 24.8 Å². The predicted octanol–water partition coefficient (Wildman–Crippen LogP) is 2.68. The molecule has 1 N–H and O–H groups in total. The first-order valence-corrected chi connectivity index (χ1v) is 5.84. The topological polar surface area (TPSA) is 45.0 Å². The summed E-state index contributed by atoms with van der Waals surface area (Å²) in [5.41, 5.74) is 0.678. The molecule has 0 amide bonds. The van der Waals surface area contributed by atoms with Crippen molar-refractivity contribution in [3.63, 3.8) is 0 Å². The predicted molar refractivity (Wildman–Crippen MR) is 63.2 cm³/mol. The van der Waals surface area contributed by atoms with E-state index in [1.807, 2.05) is 6.07 Å². The summed E-state index contributed by atoms with van der Waals surface area (Å²) in [5.74, 6) is -0.470. The second kappa shape index (κ2) is 5.65. The summed E-state index contributed by atoms with van der Waals surface area (Å²) in [5, 5.41) is 12.2. The number of nitrogens with zero attached hydrogens (tertiary/aromatic N) is 1. The maximum atomic E-state index is 13.4. The average Bonchev–Trinajstić information content (AvgIpc) is 2.58. The normalized spacial score (nSPS) is 20.4. The van der Waals surface area contributed by atoms with E-state index in [1.54, 1.807) is 12.1 Å². The minimum atomic E-state index is -0.470. The molecule has 1 atom stereocenters. The number of ether oxygens (including phenoxy) is 1. The van der Waals surface area contributed by atoms with Crippen LogP contribution in [-0.2, 0) is 4.74 Å². The van der Waals surface area contributed by atoms with E-state index in [2.05, 4.69) is 5.32 Å². The van der Waals surface area contributed by atoms with Crippen LogP contribution in [0.25, 0.3) is 0 Å². The Labute approximate surface area is 100 Å². The Morgan fingerprint density at radius 1 is 1.35 bits per heavy atom. The van der Waals surface area contributed by atoms with Crippen LogP contribution in [0.15, 0.2) is 18.2 Å². The number of rotatable bonds is 2. The fourth-order valence-electron chi connectivity index (χ4n) is 2.03. The lowest BCUT2D eigenvalue weighted by atomic mass is 10.1. The molecular weight excluding hydrogens is 219 g/mol. The zero-order valence-corrected chi connectivity index (χ0v) is 9.58. The molecule has 1 aromatic carbocycles. The zero-order valence-electron chi connectivity index (χ0n) is 9.58. The molecule has 0 aliphatic carbocycles. The molecule has 0 saturated carbocycles. The molecule has 0 unspecified atom stereocenters. The highest BCUT2D eigenvalue weighted by molar-refractivity contribution is 5.58. The standard InChI is InChI=1S/C13H15FN2O/c14-12-4-1-5-13(11(12)9-15)16-10-3-2-7-17-8-6-10/h1,4-5,10,16H,2-3,6-8H2/t10-/m0/s1. The van der Waals surface area contributed by atoms with Gasteiger partial charge in [0.2, 0.25) is 0 Å². The first kappa shape index (κ1) is 11.9. The number of nitriles is 1. The van der Waals surface area contributed by atoms with Gasteiger partial charge >= 0.3 is 0 Å². The molecule has 2 rings (SSSR count). The van der Waals surface area contributed by atoms with E-state index in [0.717, 1.165) is 32.5 Å².